The molecule has 11 heteroatoms. The van der Waals surface area contributed by atoms with Gasteiger partial charge < -0.3 is 24.1 Å². The first-order chi connectivity index (χ1) is 16.2. The van der Waals surface area contributed by atoms with Gasteiger partial charge in [0.25, 0.3) is 5.69 Å². The Labute approximate surface area is 192 Å². The number of aromatic nitrogens is 3. The summed E-state index contributed by atoms with van der Waals surface area (Å²) in [6.45, 7) is 0.378. The summed E-state index contributed by atoms with van der Waals surface area (Å²) in [4.78, 5) is 51.1. The van der Waals surface area contributed by atoms with Gasteiger partial charge in [0.2, 0.25) is 0 Å². The second kappa shape index (κ2) is 9.06. The normalized spacial score (nSPS) is 11.0. The van der Waals surface area contributed by atoms with E-state index >= 15 is 0 Å². The lowest BCUT2D eigenvalue weighted by atomic mass is 10.2. The van der Waals surface area contributed by atoms with Crippen LogP contribution in [0.4, 0.5) is 11.4 Å². The smallest absolute Gasteiger partial charge is 0.316 e. The molecule has 11 nitrogen and oxygen atoms in total. The van der Waals surface area contributed by atoms with Gasteiger partial charge >= 0.3 is 17.1 Å². The summed E-state index contributed by atoms with van der Waals surface area (Å²) in [7, 11) is 1.90. The molecule has 0 aliphatic heterocycles. The van der Waals surface area contributed by atoms with Gasteiger partial charge in [-0.2, -0.15) is 0 Å². The summed E-state index contributed by atoms with van der Waals surface area (Å²) in [5.41, 5.74) is 0.157. The van der Waals surface area contributed by atoms with Crippen molar-refractivity contribution in [2.45, 2.75) is 19.5 Å². The molecule has 0 atom stereocenters. The average Bonchev–Trinajstić information content (AvgIpc) is 3.29. The number of nitrogens with zero attached hydrogens (tertiary/aromatic N) is 4. The van der Waals surface area contributed by atoms with Crippen LogP contribution in [0.1, 0.15) is 12.0 Å². The Kier molecular flexibility index (Phi) is 6.00. The molecule has 174 valence electrons. The molecular formula is C23H21N5O6. The summed E-state index contributed by atoms with van der Waals surface area (Å²) in [5, 5.41) is 20.8. The van der Waals surface area contributed by atoms with E-state index in [1.165, 1.54) is 12.1 Å². The van der Waals surface area contributed by atoms with Crippen molar-refractivity contribution in [1.82, 2.24) is 14.1 Å². The monoisotopic (exact) mass is 463 g/mol. The molecule has 2 aromatic heterocycles. The SMILES string of the molecule is CN(Cc1ccccc1)c1ccn(-c2cc3c(cc2[N+](=O)[O-])[nH]c(=O)c(=O)n3CCC(=O)O)c1. The number of aromatic amines is 1. The Hall–Kier alpha value is -4.67. The van der Waals surface area contributed by atoms with Crippen LogP contribution in [0.5, 0.6) is 0 Å². The minimum atomic E-state index is -1.14. The Morgan fingerprint density at radius 2 is 1.91 bits per heavy atom. The maximum Gasteiger partial charge on any atom is 0.316 e. The van der Waals surface area contributed by atoms with Crippen LogP contribution in [-0.4, -0.2) is 37.2 Å². The van der Waals surface area contributed by atoms with Crippen LogP contribution in [0.25, 0.3) is 16.7 Å². The lowest BCUT2D eigenvalue weighted by Gasteiger charge is -2.17. The highest BCUT2D eigenvalue weighted by Crippen LogP contribution is 2.29. The zero-order chi connectivity index (χ0) is 24.4. The molecule has 0 spiro atoms. The number of carbonyl (C=O) groups is 1. The molecule has 2 N–H and O–H groups in total. The molecule has 4 rings (SSSR count). The zero-order valence-electron chi connectivity index (χ0n) is 18.2. The van der Waals surface area contributed by atoms with Crippen molar-refractivity contribution < 1.29 is 14.8 Å². The second-order valence-corrected chi connectivity index (χ2v) is 7.79. The first-order valence-corrected chi connectivity index (χ1v) is 10.3. The number of fused-ring (bicyclic) bond motifs is 1. The number of anilines is 1. The highest BCUT2D eigenvalue weighted by atomic mass is 16.6. The molecule has 0 aliphatic rings. The molecule has 0 amide bonds. The number of benzene rings is 2. The average molecular weight is 463 g/mol. The number of carboxylic acid groups (broad SMARTS) is 1. The molecule has 4 aromatic rings. The van der Waals surface area contributed by atoms with E-state index < -0.39 is 22.0 Å². The van der Waals surface area contributed by atoms with E-state index in [0.717, 1.165) is 15.8 Å². The van der Waals surface area contributed by atoms with Crippen molar-refractivity contribution >= 4 is 28.4 Å². The van der Waals surface area contributed by atoms with Crippen LogP contribution >= 0.6 is 0 Å². The van der Waals surface area contributed by atoms with E-state index in [1.807, 2.05) is 42.3 Å². The van der Waals surface area contributed by atoms with Gasteiger partial charge in [0.15, 0.2) is 0 Å². The molecule has 0 radical (unpaired) electrons. The third-order valence-electron chi connectivity index (χ3n) is 5.48. The maximum atomic E-state index is 12.4. The van der Waals surface area contributed by atoms with Gasteiger partial charge in [0.05, 0.1) is 28.1 Å². The topological polar surface area (TPSA) is 143 Å². The Morgan fingerprint density at radius 1 is 1.18 bits per heavy atom. The van der Waals surface area contributed by atoms with Crippen LogP contribution in [-0.2, 0) is 17.9 Å². The van der Waals surface area contributed by atoms with E-state index in [1.54, 1.807) is 23.0 Å². The third-order valence-corrected chi connectivity index (χ3v) is 5.48. The van der Waals surface area contributed by atoms with Gasteiger partial charge in [-0.05, 0) is 17.7 Å². The number of nitrogens with one attached hydrogen (secondary N) is 1. The number of H-pyrrole nitrogens is 1. The molecule has 0 saturated carbocycles. The number of hydrogen-bond donors (Lipinski definition) is 2. The van der Waals surface area contributed by atoms with Crippen LogP contribution in [0.3, 0.4) is 0 Å². The van der Waals surface area contributed by atoms with Crippen LogP contribution in [0, 0.1) is 10.1 Å². The lowest BCUT2D eigenvalue weighted by Crippen LogP contribution is -2.36. The van der Waals surface area contributed by atoms with Gasteiger partial charge in [-0.15, -0.1) is 0 Å². The largest absolute Gasteiger partial charge is 0.481 e. The second-order valence-electron chi connectivity index (χ2n) is 7.79. The van der Waals surface area contributed by atoms with Gasteiger partial charge in [-0.1, -0.05) is 30.3 Å². The van der Waals surface area contributed by atoms with Crippen molar-refractivity contribution in [2.24, 2.45) is 0 Å². The predicted octanol–water partition coefficient (Wildman–Crippen LogP) is 2.50. The van der Waals surface area contributed by atoms with Gasteiger partial charge in [-0.3, -0.25) is 24.5 Å². The molecule has 0 unspecified atom stereocenters. The summed E-state index contributed by atoms with van der Waals surface area (Å²) in [6, 6.07) is 14.2. The fraction of sp³-hybridized carbons (Fsp3) is 0.174. The molecular weight excluding hydrogens is 442 g/mol. The van der Waals surface area contributed by atoms with Crippen LogP contribution in [0.15, 0.2) is 70.5 Å². The number of aryl methyl sites for hydroxylation is 1. The number of aliphatic carboxylic acids is 1. The molecule has 0 saturated heterocycles. The van der Waals surface area contributed by atoms with E-state index in [9.17, 15) is 24.5 Å². The van der Waals surface area contributed by atoms with Crippen molar-refractivity contribution in [1.29, 1.82) is 0 Å². The minimum absolute atomic E-state index is 0.0685. The quantitative estimate of drug-likeness (QED) is 0.232. The number of nitro groups is 1. The molecule has 2 heterocycles. The standard InChI is InChI=1S/C23H21N5O6/c1-25(13-15-5-3-2-4-6-15)16-7-9-26(14-16)19-12-18-17(11-20(19)28(33)34)24-22(31)23(32)27(18)10-8-21(29)30/h2-7,9,11-12,14H,8,10,13H2,1H3,(H,24,31)(H,29,30). The highest BCUT2D eigenvalue weighted by molar-refractivity contribution is 5.82. The van der Waals surface area contributed by atoms with Crippen molar-refractivity contribution in [3.8, 4) is 5.69 Å². The summed E-state index contributed by atoms with van der Waals surface area (Å²) >= 11 is 0. The van der Waals surface area contributed by atoms with Gasteiger partial charge in [0, 0.05) is 38.6 Å². The maximum absolute atomic E-state index is 12.4. The zero-order valence-corrected chi connectivity index (χ0v) is 18.2. The van der Waals surface area contributed by atoms with E-state index in [-0.39, 0.29) is 35.4 Å². The number of carboxylic acids is 1. The molecule has 0 bridgehead atoms. The van der Waals surface area contributed by atoms with Crippen molar-refractivity contribution in [2.75, 3.05) is 11.9 Å². The Morgan fingerprint density at radius 3 is 2.59 bits per heavy atom. The van der Waals surface area contributed by atoms with Crippen molar-refractivity contribution in [3.63, 3.8) is 0 Å². The summed E-state index contributed by atoms with van der Waals surface area (Å²) in [5.74, 6) is -1.14. The fourth-order valence-corrected chi connectivity index (χ4v) is 3.79. The van der Waals surface area contributed by atoms with Crippen LogP contribution in [0.2, 0.25) is 0 Å². The van der Waals surface area contributed by atoms with Gasteiger partial charge in [0.1, 0.15) is 5.69 Å². The van der Waals surface area contributed by atoms with E-state index in [2.05, 4.69) is 4.98 Å². The minimum Gasteiger partial charge on any atom is -0.481 e. The predicted molar refractivity (Wildman–Crippen MR) is 126 cm³/mol. The summed E-state index contributed by atoms with van der Waals surface area (Å²) < 4.78 is 2.59. The molecule has 0 fully saturated rings. The molecule has 2 aromatic carbocycles. The molecule has 34 heavy (non-hydrogen) atoms. The first kappa shape index (κ1) is 22.5. The first-order valence-electron chi connectivity index (χ1n) is 10.3. The summed E-state index contributed by atoms with van der Waals surface area (Å²) in [6.07, 6.45) is 3.00. The lowest BCUT2D eigenvalue weighted by molar-refractivity contribution is -0.384. The highest BCUT2D eigenvalue weighted by Gasteiger charge is 2.21. The Balaban J connectivity index is 1.81. The van der Waals surface area contributed by atoms with Crippen molar-refractivity contribution in [3.05, 3.63) is 97.3 Å². The fourth-order valence-electron chi connectivity index (χ4n) is 3.79. The molecule has 0 aliphatic carbocycles. The Bertz CT molecular complexity index is 1500. The van der Waals surface area contributed by atoms with Gasteiger partial charge in [-0.25, -0.2) is 0 Å². The number of hydrogen-bond acceptors (Lipinski definition) is 6. The third kappa shape index (κ3) is 4.44. The van der Waals surface area contributed by atoms with Crippen LogP contribution < -0.4 is 16.0 Å². The van der Waals surface area contributed by atoms with E-state index in [4.69, 9.17) is 5.11 Å². The number of rotatable bonds is 8. The number of nitro benzene ring substituents is 1. The van der Waals surface area contributed by atoms with E-state index in [0.29, 0.717) is 6.54 Å².